The van der Waals surface area contributed by atoms with E-state index in [2.05, 4.69) is 0 Å². The number of nitro groups is 1. The zero-order chi connectivity index (χ0) is 20.5. The van der Waals surface area contributed by atoms with Gasteiger partial charge in [-0.25, -0.2) is 12.8 Å². The molecule has 1 fully saturated rings. The van der Waals surface area contributed by atoms with E-state index in [-0.39, 0.29) is 16.4 Å². The van der Waals surface area contributed by atoms with E-state index >= 15 is 0 Å². The highest BCUT2D eigenvalue weighted by Crippen LogP contribution is 2.31. The van der Waals surface area contributed by atoms with Crippen molar-refractivity contribution in [1.82, 2.24) is 4.90 Å². The van der Waals surface area contributed by atoms with Crippen molar-refractivity contribution >= 4 is 21.4 Å². The summed E-state index contributed by atoms with van der Waals surface area (Å²) < 4.78 is 38.6. The van der Waals surface area contributed by atoms with Crippen molar-refractivity contribution in [2.75, 3.05) is 13.1 Å². The lowest BCUT2D eigenvalue weighted by Crippen LogP contribution is -2.39. The SMILES string of the molecule is CC1CCCN(C(=O)c2ccc(S(=O)(=O)c3ccc(F)cc3)c([N+](=O)[O-])c2)C1. The van der Waals surface area contributed by atoms with Gasteiger partial charge >= 0.3 is 0 Å². The van der Waals surface area contributed by atoms with Crippen LogP contribution >= 0.6 is 0 Å². The van der Waals surface area contributed by atoms with Crippen molar-refractivity contribution in [3.8, 4) is 0 Å². The maximum absolute atomic E-state index is 13.1. The highest BCUT2D eigenvalue weighted by molar-refractivity contribution is 7.91. The number of sulfone groups is 1. The van der Waals surface area contributed by atoms with Gasteiger partial charge in [-0.05, 0) is 55.2 Å². The van der Waals surface area contributed by atoms with Crippen LogP contribution in [0.25, 0.3) is 0 Å². The van der Waals surface area contributed by atoms with E-state index in [1.54, 1.807) is 4.90 Å². The zero-order valence-electron chi connectivity index (χ0n) is 15.2. The number of likely N-dealkylation sites (tertiary alicyclic amines) is 1. The normalized spacial score (nSPS) is 17.4. The molecule has 0 radical (unpaired) electrons. The van der Waals surface area contributed by atoms with Crippen molar-refractivity contribution in [2.45, 2.75) is 29.6 Å². The van der Waals surface area contributed by atoms with Crippen molar-refractivity contribution in [3.63, 3.8) is 0 Å². The lowest BCUT2D eigenvalue weighted by Gasteiger charge is -2.31. The topological polar surface area (TPSA) is 97.6 Å². The second-order valence-electron chi connectivity index (χ2n) is 6.90. The first-order valence-electron chi connectivity index (χ1n) is 8.78. The maximum atomic E-state index is 13.1. The molecule has 0 spiro atoms. The summed E-state index contributed by atoms with van der Waals surface area (Å²) in [5.74, 6) is -0.642. The van der Waals surface area contributed by atoms with Crippen LogP contribution in [0.5, 0.6) is 0 Å². The van der Waals surface area contributed by atoms with Crippen LogP contribution in [0.3, 0.4) is 0 Å². The molecule has 1 unspecified atom stereocenters. The van der Waals surface area contributed by atoms with Crippen LogP contribution in [0.4, 0.5) is 10.1 Å². The molecule has 9 heteroatoms. The summed E-state index contributed by atoms with van der Waals surface area (Å²) in [6.07, 6.45) is 1.87. The number of halogens is 1. The van der Waals surface area contributed by atoms with Gasteiger partial charge < -0.3 is 4.90 Å². The number of benzene rings is 2. The first kappa shape index (κ1) is 19.9. The quantitative estimate of drug-likeness (QED) is 0.440. The molecule has 0 N–H and O–H groups in total. The number of amides is 1. The number of rotatable bonds is 4. The molecule has 2 aromatic carbocycles. The van der Waals surface area contributed by atoms with Crippen LogP contribution in [0, 0.1) is 21.8 Å². The first-order valence-corrected chi connectivity index (χ1v) is 10.3. The minimum absolute atomic E-state index is 0.0684. The number of hydrogen-bond donors (Lipinski definition) is 0. The predicted molar refractivity (Wildman–Crippen MR) is 99.2 cm³/mol. The summed E-state index contributed by atoms with van der Waals surface area (Å²) in [6, 6.07) is 7.37. The number of nitro benzene ring substituents is 1. The second-order valence-corrected chi connectivity index (χ2v) is 8.81. The molecule has 0 aromatic heterocycles. The van der Waals surface area contributed by atoms with Gasteiger partial charge in [0.05, 0.1) is 9.82 Å². The molecule has 3 rings (SSSR count). The highest BCUT2D eigenvalue weighted by atomic mass is 32.2. The van der Waals surface area contributed by atoms with Gasteiger partial charge in [-0.3, -0.25) is 14.9 Å². The van der Waals surface area contributed by atoms with Gasteiger partial charge in [0, 0.05) is 24.7 Å². The number of carbonyl (C=O) groups is 1. The summed E-state index contributed by atoms with van der Waals surface area (Å²) in [7, 11) is -4.24. The summed E-state index contributed by atoms with van der Waals surface area (Å²) in [4.78, 5) is 24.2. The third kappa shape index (κ3) is 3.89. The highest BCUT2D eigenvalue weighted by Gasteiger charge is 2.30. The lowest BCUT2D eigenvalue weighted by molar-refractivity contribution is -0.387. The summed E-state index contributed by atoms with van der Waals surface area (Å²) in [5, 5.41) is 11.5. The molecular formula is C19H19FN2O5S. The van der Waals surface area contributed by atoms with E-state index < -0.39 is 31.2 Å². The molecular weight excluding hydrogens is 387 g/mol. The molecule has 0 saturated carbocycles. The Morgan fingerprint density at radius 2 is 1.89 bits per heavy atom. The van der Waals surface area contributed by atoms with Crippen LogP contribution in [0.15, 0.2) is 52.3 Å². The van der Waals surface area contributed by atoms with Gasteiger partial charge in [0.1, 0.15) is 10.7 Å². The Balaban J connectivity index is 2.01. The van der Waals surface area contributed by atoms with E-state index in [9.17, 15) is 27.7 Å². The largest absolute Gasteiger partial charge is 0.338 e. The van der Waals surface area contributed by atoms with Gasteiger partial charge in [0.2, 0.25) is 9.84 Å². The number of nitrogens with zero attached hydrogens (tertiary/aromatic N) is 2. The Morgan fingerprint density at radius 3 is 2.50 bits per heavy atom. The Bertz CT molecular complexity index is 1020. The third-order valence-corrected chi connectivity index (χ3v) is 6.58. The van der Waals surface area contributed by atoms with Gasteiger partial charge in [0.25, 0.3) is 11.6 Å². The fourth-order valence-corrected chi connectivity index (χ4v) is 4.72. The summed E-state index contributed by atoms with van der Waals surface area (Å²) >= 11 is 0. The fourth-order valence-electron chi connectivity index (χ4n) is 3.32. The van der Waals surface area contributed by atoms with Crippen molar-refractivity contribution in [3.05, 3.63) is 64.0 Å². The number of carbonyl (C=O) groups excluding carboxylic acids is 1. The van der Waals surface area contributed by atoms with E-state index in [1.807, 2.05) is 6.92 Å². The van der Waals surface area contributed by atoms with Crippen LogP contribution in [-0.4, -0.2) is 37.2 Å². The Morgan fingerprint density at radius 1 is 1.21 bits per heavy atom. The lowest BCUT2D eigenvalue weighted by atomic mass is 9.99. The molecule has 0 bridgehead atoms. The van der Waals surface area contributed by atoms with E-state index in [1.165, 1.54) is 6.07 Å². The van der Waals surface area contributed by atoms with Crippen LogP contribution in [0.2, 0.25) is 0 Å². The molecule has 7 nitrogen and oxygen atoms in total. The van der Waals surface area contributed by atoms with Crippen LogP contribution in [-0.2, 0) is 9.84 Å². The predicted octanol–water partition coefficient (Wildman–Crippen LogP) is 3.44. The molecule has 28 heavy (non-hydrogen) atoms. The monoisotopic (exact) mass is 406 g/mol. The molecule has 148 valence electrons. The smallest absolute Gasteiger partial charge is 0.289 e. The van der Waals surface area contributed by atoms with E-state index in [0.717, 1.165) is 49.2 Å². The van der Waals surface area contributed by atoms with Crippen molar-refractivity contribution in [2.24, 2.45) is 5.92 Å². The molecule has 1 heterocycles. The van der Waals surface area contributed by atoms with Crippen molar-refractivity contribution in [1.29, 1.82) is 0 Å². The molecule has 0 aliphatic carbocycles. The average Bonchev–Trinajstić information content (AvgIpc) is 2.67. The van der Waals surface area contributed by atoms with Gasteiger partial charge in [-0.1, -0.05) is 6.92 Å². The molecule has 1 aliphatic rings. The van der Waals surface area contributed by atoms with Gasteiger partial charge in [-0.2, -0.15) is 0 Å². The van der Waals surface area contributed by atoms with Gasteiger partial charge in [0.15, 0.2) is 0 Å². The number of hydrogen-bond acceptors (Lipinski definition) is 5. The van der Waals surface area contributed by atoms with Crippen molar-refractivity contribution < 1.29 is 22.5 Å². The van der Waals surface area contributed by atoms with Gasteiger partial charge in [-0.15, -0.1) is 0 Å². The Labute approximate surface area is 161 Å². The molecule has 1 amide bonds. The fraction of sp³-hybridized carbons (Fsp3) is 0.316. The Hall–Kier alpha value is -2.81. The Kier molecular flexibility index (Phi) is 5.46. The molecule has 1 aliphatic heterocycles. The van der Waals surface area contributed by atoms with E-state index in [0.29, 0.717) is 19.0 Å². The second kappa shape index (κ2) is 7.67. The molecule has 2 aromatic rings. The standard InChI is InChI=1S/C19H19FN2O5S/c1-13-3-2-10-21(12-13)19(23)14-4-9-18(17(11-14)22(24)25)28(26,27)16-7-5-15(20)6-8-16/h4-9,11,13H,2-3,10,12H2,1H3. The summed E-state index contributed by atoms with van der Waals surface area (Å²) in [6.45, 7) is 3.15. The number of piperidine rings is 1. The molecule has 1 atom stereocenters. The minimum Gasteiger partial charge on any atom is -0.338 e. The molecule has 1 saturated heterocycles. The minimum atomic E-state index is -4.24. The average molecular weight is 406 g/mol. The first-order chi connectivity index (χ1) is 13.2. The zero-order valence-corrected chi connectivity index (χ0v) is 16.0. The summed E-state index contributed by atoms with van der Waals surface area (Å²) in [5.41, 5.74) is -0.612. The van der Waals surface area contributed by atoms with E-state index in [4.69, 9.17) is 0 Å². The third-order valence-electron chi connectivity index (χ3n) is 4.76. The van der Waals surface area contributed by atoms with Crippen LogP contribution in [0.1, 0.15) is 30.1 Å². The van der Waals surface area contributed by atoms with Crippen LogP contribution < -0.4 is 0 Å². The maximum Gasteiger partial charge on any atom is 0.289 e.